The minimum absolute atomic E-state index is 0.00735. The second kappa shape index (κ2) is 6.70. The van der Waals surface area contributed by atoms with E-state index in [4.69, 9.17) is 0 Å². The molecule has 1 amide bonds. The van der Waals surface area contributed by atoms with Crippen molar-refractivity contribution in [2.45, 2.75) is 32.9 Å². The number of benzene rings is 1. The predicted molar refractivity (Wildman–Crippen MR) is 95.7 cm³/mol. The zero-order chi connectivity index (χ0) is 18.1. The Morgan fingerprint density at radius 3 is 2.62 bits per heavy atom. The third kappa shape index (κ3) is 3.10. The average molecular weight is 352 g/mol. The van der Waals surface area contributed by atoms with Crippen molar-refractivity contribution in [1.29, 1.82) is 0 Å². The normalized spacial score (nSPS) is 14.3. The monoisotopic (exact) mass is 352 g/mol. The van der Waals surface area contributed by atoms with E-state index < -0.39 is 0 Å². The number of nitrogens with zero attached hydrogens (tertiary/aromatic N) is 6. The summed E-state index contributed by atoms with van der Waals surface area (Å²) >= 11 is 0. The van der Waals surface area contributed by atoms with Gasteiger partial charge in [-0.15, -0.1) is 5.10 Å². The number of likely N-dealkylation sites (tertiary alicyclic amines) is 1. The van der Waals surface area contributed by atoms with Crippen LogP contribution in [0.2, 0.25) is 0 Å². The Hall–Kier alpha value is -3.03. The topological polar surface area (TPSA) is 85.9 Å². The van der Waals surface area contributed by atoms with E-state index in [0.29, 0.717) is 12.2 Å². The van der Waals surface area contributed by atoms with Gasteiger partial charge >= 0.3 is 0 Å². The number of hydrogen-bond acceptors (Lipinski definition) is 5. The average Bonchev–Trinajstić information content (AvgIpc) is 3.30. The molecule has 1 saturated heterocycles. The lowest BCUT2D eigenvalue weighted by Crippen LogP contribution is -2.34. The van der Waals surface area contributed by atoms with Crippen molar-refractivity contribution in [2.75, 3.05) is 13.1 Å². The van der Waals surface area contributed by atoms with E-state index in [9.17, 15) is 9.59 Å². The Kier molecular flexibility index (Phi) is 4.24. The highest BCUT2D eigenvalue weighted by molar-refractivity contribution is 5.76. The zero-order valence-corrected chi connectivity index (χ0v) is 14.6. The van der Waals surface area contributed by atoms with Crippen molar-refractivity contribution in [2.24, 2.45) is 0 Å². The molecule has 1 aromatic carbocycles. The van der Waals surface area contributed by atoms with E-state index >= 15 is 0 Å². The summed E-state index contributed by atoms with van der Waals surface area (Å²) in [6.45, 7) is 4.03. The van der Waals surface area contributed by atoms with Crippen LogP contribution in [0.3, 0.4) is 0 Å². The molecule has 0 aliphatic carbocycles. The van der Waals surface area contributed by atoms with Crippen LogP contribution in [0.1, 0.15) is 24.0 Å². The molecule has 134 valence electrons. The fraction of sp³-hybridized carbons (Fsp3) is 0.389. The Bertz CT molecular complexity index is 999. The summed E-state index contributed by atoms with van der Waals surface area (Å²) in [6, 6.07) is 8.08. The van der Waals surface area contributed by atoms with Crippen LogP contribution in [0, 0.1) is 6.92 Å². The first-order valence-corrected chi connectivity index (χ1v) is 8.74. The molecule has 0 saturated carbocycles. The van der Waals surface area contributed by atoms with Crippen molar-refractivity contribution < 1.29 is 4.79 Å². The van der Waals surface area contributed by atoms with Gasteiger partial charge < -0.3 is 4.90 Å². The standard InChI is InChI=1S/C18H20N6O2/c1-13-4-6-14(7-5-13)10-24-17-16(20-21-24)18(26)23(12-19-17)11-15(25)22-8-2-3-9-22/h4-7,12H,2-3,8-11H2,1H3. The van der Waals surface area contributed by atoms with Gasteiger partial charge in [0.25, 0.3) is 5.56 Å². The Balaban J connectivity index is 1.59. The molecule has 1 aliphatic heterocycles. The molecule has 3 aromatic rings. The van der Waals surface area contributed by atoms with Crippen LogP contribution >= 0.6 is 0 Å². The van der Waals surface area contributed by atoms with Crippen LogP contribution in [0.25, 0.3) is 11.2 Å². The minimum atomic E-state index is -0.335. The van der Waals surface area contributed by atoms with Crippen molar-refractivity contribution in [3.8, 4) is 0 Å². The second-order valence-corrected chi connectivity index (χ2v) is 6.67. The van der Waals surface area contributed by atoms with Crippen LogP contribution in [0.15, 0.2) is 35.4 Å². The summed E-state index contributed by atoms with van der Waals surface area (Å²) in [5.74, 6) is -0.0576. The van der Waals surface area contributed by atoms with Gasteiger partial charge in [0.1, 0.15) is 12.9 Å². The van der Waals surface area contributed by atoms with Crippen molar-refractivity contribution in [3.63, 3.8) is 0 Å². The fourth-order valence-corrected chi connectivity index (χ4v) is 3.18. The Morgan fingerprint density at radius 2 is 1.88 bits per heavy atom. The number of aromatic nitrogens is 5. The van der Waals surface area contributed by atoms with Crippen LogP contribution < -0.4 is 5.56 Å². The summed E-state index contributed by atoms with van der Waals surface area (Å²) < 4.78 is 2.92. The molecule has 1 fully saturated rings. The lowest BCUT2D eigenvalue weighted by molar-refractivity contribution is -0.130. The Labute approximate surface area is 150 Å². The minimum Gasteiger partial charge on any atom is -0.341 e. The van der Waals surface area contributed by atoms with Gasteiger partial charge in [-0.3, -0.25) is 14.2 Å². The lowest BCUT2D eigenvalue weighted by atomic mass is 10.1. The number of rotatable bonds is 4. The molecule has 3 heterocycles. The van der Waals surface area contributed by atoms with Crippen LogP contribution in [-0.2, 0) is 17.9 Å². The molecule has 0 spiro atoms. The highest BCUT2D eigenvalue weighted by Gasteiger charge is 2.20. The molecule has 2 aromatic heterocycles. The third-order valence-corrected chi connectivity index (χ3v) is 4.71. The van der Waals surface area contributed by atoms with Gasteiger partial charge in [0.15, 0.2) is 11.2 Å². The fourth-order valence-electron chi connectivity index (χ4n) is 3.18. The number of hydrogen-bond donors (Lipinski definition) is 0. The van der Waals surface area contributed by atoms with E-state index in [0.717, 1.165) is 31.5 Å². The molecule has 0 N–H and O–H groups in total. The van der Waals surface area contributed by atoms with Gasteiger partial charge in [-0.2, -0.15) is 0 Å². The van der Waals surface area contributed by atoms with E-state index in [-0.39, 0.29) is 23.5 Å². The number of fused-ring (bicyclic) bond motifs is 1. The predicted octanol–water partition coefficient (Wildman–Crippen LogP) is 0.967. The van der Waals surface area contributed by atoms with Gasteiger partial charge in [-0.1, -0.05) is 35.0 Å². The third-order valence-electron chi connectivity index (χ3n) is 4.71. The van der Waals surface area contributed by atoms with E-state index in [1.165, 1.54) is 16.5 Å². The second-order valence-electron chi connectivity index (χ2n) is 6.67. The first-order chi connectivity index (χ1) is 12.6. The number of carbonyl (C=O) groups is 1. The molecule has 1 aliphatic rings. The van der Waals surface area contributed by atoms with E-state index in [1.54, 1.807) is 9.58 Å². The number of carbonyl (C=O) groups excluding carboxylic acids is 1. The number of amides is 1. The molecule has 0 atom stereocenters. The van der Waals surface area contributed by atoms with Gasteiger partial charge in [-0.05, 0) is 25.3 Å². The zero-order valence-electron chi connectivity index (χ0n) is 14.6. The van der Waals surface area contributed by atoms with Crippen molar-refractivity contribution >= 4 is 17.1 Å². The molecule has 4 rings (SSSR count). The first kappa shape index (κ1) is 16.4. The molecule has 0 radical (unpaired) electrons. The largest absolute Gasteiger partial charge is 0.341 e. The summed E-state index contributed by atoms with van der Waals surface area (Å²) in [5, 5.41) is 8.06. The quantitative estimate of drug-likeness (QED) is 0.698. The first-order valence-electron chi connectivity index (χ1n) is 8.74. The SMILES string of the molecule is Cc1ccc(Cn2nnc3c(=O)n(CC(=O)N4CCCC4)cnc32)cc1. The smallest absolute Gasteiger partial charge is 0.283 e. The van der Waals surface area contributed by atoms with Gasteiger partial charge in [-0.25, -0.2) is 9.67 Å². The summed E-state index contributed by atoms with van der Waals surface area (Å²) in [7, 11) is 0. The molecule has 8 nitrogen and oxygen atoms in total. The maximum atomic E-state index is 12.6. The van der Waals surface area contributed by atoms with Gasteiger partial charge in [0.2, 0.25) is 5.91 Å². The van der Waals surface area contributed by atoms with E-state index in [1.807, 2.05) is 31.2 Å². The summed E-state index contributed by atoms with van der Waals surface area (Å²) in [6.07, 6.45) is 3.45. The summed E-state index contributed by atoms with van der Waals surface area (Å²) in [4.78, 5) is 31.0. The van der Waals surface area contributed by atoms with Crippen molar-refractivity contribution in [3.05, 3.63) is 52.1 Å². The molecular formula is C18H20N6O2. The molecule has 0 unspecified atom stereocenters. The van der Waals surface area contributed by atoms with E-state index in [2.05, 4.69) is 15.3 Å². The van der Waals surface area contributed by atoms with Crippen LogP contribution in [-0.4, -0.2) is 48.4 Å². The molecule has 26 heavy (non-hydrogen) atoms. The van der Waals surface area contributed by atoms with Crippen molar-refractivity contribution in [1.82, 2.24) is 29.4 Å². The van der Waals surface area contributed by atoms with Gasteiger partial charge in [0, 0.05) is 13.1 Å². The number of aryl methyl sites for hydroxylation is 1. The summed E-state index contributed by atoms with van der Waals surface area (Å²) in [5.41, 5.74) is 2.52. The highest BCUT2D eigenvalue weighted by Crippen LogP contribution is 2.10. The highest BCUT2D eigenvalue weighted by atomic mass is 16.2. The maximum Gasteiger partial charge on any atom is 0.283 e. The molecule has 0 bridgehead atoms. The maximum absolute atomic E-state index is 12.6. The molecule has 8 heteroatoms. The van der Waals surface area contributed by atoms with Gasteiger partial charge in [0.05, 0.1) is 6.54 Å². The van der Waals surface area contributed by atoms with Crippen LogP contribution in [0.5, 0.6) is 0 Å². The molecular weight excluding hydrogens is 332 g/mol. The van der Waals surface area contributed by atoms with Crippen LogP contribution in [0.4, 0.5) is 0 Å². The Morgan fingerprint density at radius 1 is 1.15 bits per heavy atom. The lowest BCUT2D eigenvalue weighted by Gasteiger charge is -2.15.